The van der Waals surface area contributed by atoms with E-state index >= 15 is 0 Å². The van der Waals surface area contributed by atoms with E-state index in [9.17, 15) is 0 Å². The van der Waals surface area contributed by atoms with E-state index in [0.29, 0.717) is 5.15 Å². The number of hydrogen-bond acceptors (Lipinski definition) is 3. The molecule has 0 radical (unpaired) electrons. The fraction of sp³-hybridized carbons (Fsp3) is 0.316. The molecule has 2 aromatic heterocycles. The third kappa shape index (κ3) is 4.52. The minimum absolute atomic E-state index is 0.515. The number of aryl methyl sites for hydroxylation is 1. The van der Waals surface area contributed by atoms with E-state index in [1.165, 1.54) is 0 Å². The molecule has 0 unspecified atom stereocenters. The van der Waals surface area contributed by atoms with Gasteiger partial charge in [0, 0.05) is 32.9 Å². The lowest BCUT2D eigenvalue weighted by Crippen LogP contribution is -2.39. The smallest absolute Gasteiger partial charge is 0.191 e. The number of benzene rings is 1. The Bertz CT molecular complexity index is 885. The summed E-state index contributed by atoms with van der Waals surface area (Å²) in [7, 11) is 1.77. The lowest BCUT2D eigenvalue weighted by atomic mass is 10.2. The Balaban J connectivity index is 1.48. The van der Waals surface area contributed by atoms with Gasteiger partial charge in [-0.3, -0.25) is 4.99 Å². The highest BCUT2D eigenvalue weighted by atomic mass is 35.5. The Morgan fingerprint density at radius 1 is 1.15 bits per heavy atom. The van der Waals surface area contributed by atoms with Crippen LogP contribution in [0.4, 0.5) is 0 Å². The molecule has 0 aliphatic heterocycles. The molecule has 7 heteroatoms. The molecule has 0 aliphatic carbocycles. The summed E-state index contributed by atoms with van der Waals surface area (Å²) in [5.74, 6) is 1.81. The Morgan fingerprint density at radius 2 is 1.96 bits per heavy atom. The molecule has 0 saturated carbocycles. The fourth-order valence-electron chi connectivity index (χ4n) is 2.86. The lowest BCUT2D eigenvalue weighted by Gasteiger charge is -2.13. The van der Waals surface area contributed by atoms with Gasteiger partial charge in [0.25, 0.3) is 0 Å². The average molecular weight is 371 g/mol. The van der Waals surface area contributed by atoms with E-state index in [-0.39, 0.29) is 0 Å². The second-order valence-electron chi connectivity index (χ2n) is 5.96. The van der Waals surface area contributed by atoms with Crippen LogP contribution in [0, 0.1) is 6.92 Å². The monoisotopic (exact) mass is 370 g/mol. The minimum Gasteiger partial charge on any atom is -0.356 e. The van der Waals surface area contributed by atoms with Gasteiger partial charge in [0.2, 0.25) is 0 Å². The van der Waals surface area contributed by atoms with Crippen molar-refractivity contribution in [1.29, 1.82) is 0 Å². The summed E-state index contributed by atoms with van der Waals surface area (Å²) in [4.78, 5) is 13.0. The van der Waals surface area contributed by atoms with Crippen molar-refractivity contribution in [1.82, 2.24) is 25.2 Å². The first-order chi connectivity index (χ1) is 12.7. The van der Waals surface area contributed by atoms with Crippen LogP contribution in [0.15, 0.2) is 47.6 Å². The minimum atomic E-state index is 0.515. The van der Waals surface area contributed by atoms with Gasteiger partial charge in [0.05, 0.1) is 11.0 Å². The molecule has 3 rings (SSSR count). The van der Waals surface area contributed by atoms with Crippen LogP contribution in [0.5, 0.6) is 0 Å². The molecule has 0 atom stereocenters. The molecule has 1 aromatic carbocycles. The van der Waals surface area contributed by atoms with Gasteiger partial charge in [0.15, 0.2) is 5.96 Å². The normalized spacial score (nSPS) is 11.7. The third-order valence-electron chi connectivity index (χ3n) is 4.19. The average Bonchev–Trinajstić information content (AvgIpc) is 2.97. The Morgan fingerprint density at radius 3 is 2.73 bits per heavy atom. The zero-order valence-corrected chi connectivity index (χ0v) is 15.8. The number of halogens is 1. The predicted octanol–water partition coefficient (Wildman–Crippen LogP) is 2.80. The molecule has 136 valence electrons. The highest BCUT2D eigenvalue weighted by molar-refractivity contribution is 6.29. The number of guanidine groups is 1. The molecule has 0 spiro atoms. The third-order valence-corrected chi connectivity index (χ3v) is 4.42. The summed E-state index contributed by atoms with van der Waals surface area (Å²) in [6, 6.07) is 12.0. The van der Waals surface area contributed by atoms with Crippen molar-refractivity contribution in [2.45, 2.75) is 19.9 Å². The van der Waals surface area contributed by atoms with Gasteiger partial charge in [-0.05, 0) is 37.1 Å². The molecule has 2 N–H and O–H groups in total. The molecular weight excluding hydrogens is 348 g/mol. The number of para-hydroxylation sites is 2. The molecule has 0 aliphatic rings. The van der Waals surface area contributed by atoms with Gasteiger partial charge < -0.3 is 15.2 Å². The van der Waals surface area contributed by atoms with Gasteiger partial charge in [-0.1, -0.05) is 29.8 Å². The zero-order valence-electron chi connectivity index (χ0n) is 15.0. The standard InChI is InChI=1S/C19H23ClN6/c1-14-25-16-5-3-4-6-17(16)26(14)12-11-23-19(21-2)22-10-9-15-7-8-18(20)24-13-15/h3-8,13H,9-12H2,1-2H3,(H2,21,22,23). The first-order valence-electron chi connectivity index (χ1n) is 8.64. The SMILES string of the molecule is CN=C(NCCc1ccc(Cl)nc1)NCCn1c(C)nc2ccccc21. The van der Waals surface area contributed by atoms with E-state index in [0.717, 1.165) is 54.4 Å². The summed E-state index contributed by atoms with van der Waals surface area (Å²) < 4.78 is 2.22. The van der Waals surface area contributed by atoms with Crippen LogP contribution < -0.4 is 10.6 Å². The topological polar surface area (TPSA) is 67.1 Å². The number of nitrogens with one attached hydrogen (secondary N) is 2. The van der Waals surface area contributed by atoms with Crippen LogP contribution in [0.3, 0.4) is 0 Å². The summed E-state index contributed by atoms with van der Waals surface area (Å²) in [5, 5.41) is 7.18. The van der Waals surface area contributed by atoms with E-state index in [2.05, 4.69) is 36.2 Å². The maximum Gasteiger partial charge on any atom is 0.191 e. The van der Waals surface area contributed by atoms with Crippen molar-refractivity contribution in [2.75, 3.05) is 20.1 Å². The predicted molar refractivity (Wildman–Crippen MR) is 107 cm³/mol. The van der Waals surface area contributed by atoms with Crippen molar-refractivity contribution in [3.05, 3.63) is 59.1 Å². The van der Waals surface area contributed by atoms with Crippen LogP contribution in [0.1, 0.15) is 11.4 Å². The quantitative estimate of drug-likeness (QED) is 0.398. The van der Waals surface area contributed by atoms with Crippen LogP contribution in [0.25, 0.3) is 11.0 Å². The largest absolute Gasteiger partial charge is 0.356 e. The number of hydrogen-bond donors (Lipinski definition) is 2. The number of imidazole rings is 1. The molecule has 0 fully saturated rings. The highest BCUT2D eigenvalue weighted by Crippen LogP contribution is 2.14. The first kappa shape index (κ1) is 18.2. The fourth-order valence-corrected chi connectivity index (χ4v) is 2.98. The van der Waals surface area contributed by atoms with E-state index in [1.807, 2.05) is 37.3 Å². The molecule has 2 heterocycles. The van der Waals surface area contributed by atoms with Gasteiger partial charge in [-0.2, -0.15) is 0 Å². The molecule has 0 bridgehead atoms. The van der Waals surface area contributed by atoms with Crippen LogP contribution in [-0.4, -0.2) is 40.6 Å². The molecule has 3 aromatic rings. The molecule has 0 amide bonds. The molecule has 26 heavy (non-hydrogen) atoms. The lowest BCUT2D eigenvalue weighted by molar-refractivity contribution is 0.659. The number of aromatic nitrogens is 3. The van der Waals surface area contributed by atoms with E-state index < -0.39 is 0 Å². The number of rotatable bonds is 6. The maximum absolute atomic E-state index is 5.80. The second kappa shape index (κ2) is 8.67. The van der Waals surface area contributed by atoms with Gasteiger partial charge in [0.1, 0.15) is 11.0 Å². The van der Waals surface area contributed by atoms with Crippen molar-refractivity contribution in [3.63, 3.8) is 0 Å². The first-order valence-corrected chi connectivity index (χ1v) is 9.02. The van der Waals surface area contributed by atoms with Gasteiger partial charge in [-0.25, -0.2) is 9.97 Å². The summed E-state index contributed by atoms with van der Waals surface area (Å²) in [6.45, 7) is 4.40. The second-order valence-corrected chi connectivity index (χ2v) is 6.35. The van der Waals surface area contributed by atoms with Gasteiger partial charge in [-0.15, -0.1) is 0 Å². The van der Waals surface area contributed by atoms with Crippen molar-refractivity contribution in [3.8, 4) is 0 Å². The van der Waals surface area contributed by atoms with Crippen molar-refractivity contribution in [2.24, 2.45) is 4.99 Å². The molecule has 0 saturated heterocycles. The maximum atomic E-state index is 5.80. The van der Waals surface area contributed by atoms with Crippen molar-refractivity contribution >= 4 is 28.6 Å². The van der Waals surface area contributed by atoms with Crippen molar-refractivity contribution < 1.29 is 0 Å². The Hall–Kier alpha value is -2.60. The number of nitrogens with zero attached hydrogens (tertiary/aromatic N) is 4. The van der Waals surface area contributed by atoms with Crippen LogP contribution >= 0.6 is 11.6 Å². The Labute approximate surface area is 158 Å². The van der Waals surface area contributed by atoms with E-state index in [1.54, 1.807) is 13.2 Å². The number of fused-ring (bicyclic) bond motifs is 1. The zero-order chi connectivity index (χ0) is 18.4. The van der Waals surface area contributed by atoms with Gasteiger partial charge >= 0.3 is 0 Å². The molecular formula is C19H23ClN6. The molecule has 6 nitrogen and oxygen atoms in total. The number of pyridine rings is 1. The summed E-state index contributed by atoms with van der Waals surface area (Å²) in [6.07, 6.45) is 2.66. The number of aliphatic imine (C=N–C) groups is 1. The summed E-state index contributed by atoms with van der Waals surface area (Å²) in [5.41, 5.74) is 3.33. The van der Waals surface area contributed by atoms with Crippen LogP contribution in [0.2, 0.25) is 5.15 Å². The van der Waals surface area contributed by atoms with E-state index in [4.69, 9.17) is 11.6 Å². The van der Waals surface area contributed by atoms with Crippen LogP contribution in [-0.2, 0) is 13.0 Å². The highest BCUT2D eigenvalue weighted by Gasteiger charge is 2.06. The Kier molecular flexibility index (Phi) is 6.07. The summed E-state index contributed by atoms with van der Waals surface area (Å²) >= 11 is 5.80.